The quantitative estimate of drug-likeness (QED) is 0.0887. The lowest BCUT2D eigenvalue weighted by molar-refractivity contribution is 0.0600. The van der Waals surface area contributed by atoms with E-state index in [-0.39, 0.29) is 44.1 Å². The van der Waals surface area contributed by atoms with Crippen LogP contribution in [0.1, 0.15) is 32.8 Å². The lowest BCUT2D eigenvalue weighted by Crippen LogP contribution is -2.39. The molecule has 0 unspecified atom stereocenters. The first-order valence-corrected chi connectivity index (χ1v) is 16.2. The zero-order valence-electron chi connectivity index (χ0n) is 27.5. The summed E-state index contributed by atoms with van der Waals surface area (Å²) in [4.78, 5) is 46.8. The predicted molar refractivity (Wildman–Crippen MR) is 190 cm³/mol. The first-order valence-electron chi connectivity index (χ1n) is 15.8. The van der Waals surface area contributed by atoms with Gasteiger partial charge in [0.2, 0.25) is 0 Å². The molecule has 0 aliphatic heterocycles. The molecule has 2 aromatic heterocycles. The molecule has 2 amide bonds. The van der Waals surface area contributed by atoms with E-state index in [1.54, 1.807) is 35.4 Å². The van der Waals surface area contributed by atoms with Crippen LogP contribution in [0.5, 0.6) is 0 Å². The first-order chi connectivity index (χ1) is 24.1. The Morgan fingerprint density at radius 3 is 2.50 bits per heavy atom. The smallest absolute Gasteiger partial charge is 0.465 e. The fraction of sp³-hybridized carbons (Fsp3) is 0.229. The second kappa shape index (κ2) is 16.8. The van der Waals surface area contributed by atoms with Crippen molar-refractivity contribution >= 4 is 64.6 Å². The molecule has 0 atom stereocenters. The molecule has 3 N–H and O–H groups in total. The lowest BCUT2D eigenvalue weighted by atomic mass is 9.86. The van der Waals surface area contributed by atoms with E-state index in [1.807, 2.05) is 59.5 Å². The Morgan fingerprint density at radius 2 is 1.76 bits per heavy atom. The Labute approximate surface area is 294 Å². The highest BCUT2D eigenvalue weighted by molar-refractivity contribution is 6.57. The number of nitrogens with zero attached hydrogens (tertiary/aromatic N) is 5. The van der Waals surface area contributed by atoms with Gasteiger partial charge >= 0.3 is 19.2 Å². The van der Waals surface area contributed by atoms with Crippen molar-refractivity contribution in [3.8, 4) is 0 Å². The molecule has 0 saturated carbocycles. The van der Waals surface area contributed by atoms with Crippen molar-refractivity contribution in [3.63, 3.8) is 0 Å². The number of ether oxygens (including phenoxy) is 2. The van der Waals surface area contributed by atoms with E-state index >= 15 is 0 Å². The van der Waals surface area contributed by atoms with Crippen LogP contribution in [0.2, 0.25) is 5.02 Å². The average molecular weight is 699 g/mol. The van der Waals surface area contributed by atoms with Gasteiger partial charge in [-0.15, -0.1) is 0 Å². The second-order valence-corrected chi connectivity index (χ2v) is 11.7. The van der Waals surface area contributed by atoms with E-state index in [1.165, 1.54) is 24.9 Å². The SMILES string of the molecule is COC(=O)c1cccc(N(CCN(CCCNC(=O)c2cc(B(O)O)nn2C)C(=O)OCc2ccccc2)c2ccnc3ccc(Cl)cc23)c1. The number of halogens is 1. The fourth-order valence-electron chi connectivity index (χ4n) is 5.36. The van der Waals surface area contributed by atoms with Crippen molar-refractivity contribution in [2.24, 2.45) is 7.05 Å². The summed E-state index contributed by atoms with van der Waals surface area (Å²) in [6.07, 6.45) is 1.52. The van der Waals surface area contributed by atoms with Gasteiger partial charge in [0.25, 0.3) is 5.91 Å². The normalized spacial score (nSPS) is 10.8. The van der Waals surface area contributed by atoms with Crippen LogP contribution in [0.15, 0.2) is 91.1 Å². The van der Waals surface area contributed by atoms with Crippen molar-refractivity contribution in [2.45, 2.75) is 13.0 Å². The number of carbonyl (C=O) groups is 3. The van der Waals surface area contributed by atoms with Gasteiger partial charge in [0.15, 0.2) is 0 Å². The molecule has 3 aromatic carbocycles. The van der Waals surface area contributed by atoms with Crippen molar-refractivity contribution < 1.29 is 33.9 Å². The number of pyridine rings is 1. The van der Waals surface area contributed by atoms with Gasteiger partial charge in [-0.1, -0.05) is 48.0 Å². The molecule has 2 heterocycles. The van der Waals surface area contributed by atoms with Gasteiger partial charge in [-0.3, -0.25) is 14.5 Å². The van der Waals surface area contributed by atoms with Crippen LogP contribution in [-0.2, 0) is 23.1 Å². The van der Waals surface area contributed by atoms with Crippen molar-refractivity contribution in [1.82, 2.24) is 25.0 Å². The monoisotopic (exact) mass is 698 g/mol. The Balaban J connectivity index is 1.37. The number of hydrogen-bond donors (Lipinski definition) is 3. The minimum absolute atomic E-state index is 0.0455. The summed E-state index contributed by atoms with van der Waals surface area (Å²) in [5.74, 6) is -0.942. The maximum atomic E-state index is 13.6. The number of rotatable bonds is 14. The Hall–Kier alpha value is -5.44. The van der Waals surface area contributed by atoms with Crippen LogP contribution in [0, 0.1) is 0 Å². The summed E-state index contributed by atoms with van der Waals surface area (Å²) >= 11 is 6.40. The van der Waals surface area contributed by atoms with Crippen LogP contribution in [-0.4, -0.2) is 88.1 Å². The largest absolute Gasteiger partial charge is 0.510 e. The standard InChI is InChI=1S/C35H36BClN6O7/c1-41-31(22-32(40-41)36(47)48)33(44)39-15-7-17-42(35(46)50-23-24-8-4-3-5-9-24)18-19-43(27-11-6-10-25(20-27)34(45)49-2)30-14-16-38-29-13-12-26(37)21-28(29)30/h3-6,8-14,16,20-22,47-48H,7,15,17-19,23H2,1-2H3,(H,39,44). The maximum absolute atomic E-state index is 13.6. The molecule has 0 bridgehead atoms. The number of fused-ring (bicyclic) bond motifs is 1. The van der Waals surface area contributed by atoms with E-state index in [0.717, 1.165) is 16.6 Å². The number of carbonyl (C=O) groups excluding carboxylic acids is 3. The van der Waals surface area contributed by atoms with Gasteiger partial charge in [-0.2, -0.15) is 5.10 Å². The number of amides is 2. The maximum Gasteiger partial charge on any atom is 0.510 e. The molecule has 0 fully saturated rings. The molecule has 15 heteroatoms. The summed E-state index contributed by atoms with van der Waals surface area (Å²) in [6.45, 7) is 1.00. The van der Waals surface area contributed by atoms with Crippen molar-refractivity contribution in [3.05, 3.63) is 113 Å². The van der Waals surface area contributed by atoms with E-state index in [9.17, 15) is 24.4 Å². The minimum atomic E-state index is -1.80. The molecule has 50 heavy (non-hydrogen) atoms. The number of anilines is 2. The third-order valence-corrected chi connectivity index (χ3v) is 8.13. The molecule has 13 nitrogen and oxygen atoms in total. The summed E-state index contributed by atoms with van der Waals surface area (Å²) in [7, 11) is 1.04. The van der Waals surface area contributed by atoms with Gasteiger partial charge in [0.1, 0.15) is 12.3 Å². The zero-order valence-corrected chi connectivity index (χ0v) is 28.3. The number of esters is 1. The number of aryl methyl sites for hydroxylation is 1. The molecule has 0 aliphatic carbocycles. The molecular formula is C35H36BClN6O7. The summed E-state index contributed by atoms with van der Waals surface area (Å²) < 4.78 is 11.9. The molecular weight excluding hydrogens is 663 g/mol. The molecule has 258 valence electrons. The average Bonchev–Trinajstić information content (AvgIpc) is 3.53. The number of benzene rings is 3. The summed E-state index contributed by atoms with van der Waals surface area (Å²) in [5, 5.41) is 26.8. The number of hydrogen-bond acceptors (Lipinski definition) is 10. The van der Waals surface area contributed by atoms with Gasteiger partial charge in [-0.05, 0) is 60.5 Å². The third kappa shape index (κ3) is 8.97. The van der Waals surface area contributed by atoms with Crippen LogP contribution < -0.4 is 15.8 Å². The molecule has 5 aromatic rings. The fourth-order valence-corrected chi connectivity index (χ4v) is 5.53. The molecule has 5 rings (SSSR count). The summed E-state index contributed by atoms with van der Waals surface area (Å²) in [6, 6.07) is 24.9. The van der Waals surface area contributed by atoms with Crippen LogP contribution in [0.25, 0.3) is 10.9 Å². The van der Waals surface area contributed by atoms with Gasteiger partial charge < -0.3 is 34.6 Å². The minimum Gasteiger partial charge on any atom is -0.465 e. The van der Waals surface area contributed by atoms with Gasteiger partial charge in [-0.25, -0.2) is 9.59 Å². The second-order valence-electron chi connectivity index (χ2n) is 11.3. The van der Waals surface area contributed by atoms with Crippen LogP contribution in [0.3, 0.4) is 0 Å². The Morgan fingerprint density at radius 1 is 0.960 bits per heavy atom. The number of nitrogens with one attached hydrogen (secondary N) is 1. The number of methoxy groups -OCH3 is 1. The third-order valence-electron chi connectivity index (χ3n) is 7.89. The predicted octanol–water partition coefficient (Wildman–Crippen LogP) is 3.69. The topological polar surface area (TPSA) is 159 Å². The van der Waals surface area contributed by atoms with E-state index in [0.29, 0.717) is 28.2 Å². The molecule has 0 saturated heterocycles. The Bertz CT molecular complexity index is 1960. The van der Waals surface area contributed by atoms with Gasteiger partial charge in [0.05, 0.1) is 29.5 Å². The Kier molecular flexibility index (Phi) is 12.0. The van der Waals surface area contributed by atoms with Crippen LogP contribution in [0.4, 0.5) is 16.2 Å². The lowest BCUT2D eigenvalue weighted by Gasteiger charge is -2.30. The zero-order chi connectivity index (χ0) is 35.6. The molecule has 0 aliphatic rings. The van der Waals surface area contributed by atoms with Gasteiger partial charge in [0, 0.05) is 55.5 Å². The first kappa shape index (κ1) is 35.9. The van der Waals surface area contributed by atoms with E-state index in [2.05, 4.69) is 15.4 Å². The highest BCUT2D eigenvalue weighted by atomic mass is 35.5. The molecule has 0 spiro atoms. The highest BCUT2D eigenvalue weighted by Gasteiger charge is 2.22. The highest BCUT2D eigenvalue weighted by Crippen LogP contribution is 2.33. The van der Waals surface area contributed by atoms with Crippen LogP contribution >= 0.6 is 11.6 Å². The summed E-state index contributed by atoms with van der Waals surface area (Å²) in [5.41, 5.74) is 3.44. The van der Waals surface area contributed by atoms with E-state index in [4.69, 9.17) is 21.1 Å². The van der Waals surface area contributed by atoms with E-state index < -0.39 is 25.1 Å². The number of aromatic nitrogens is 3. The van der Waals surface area contributed by atoms with Crippen molar-refractivity contribution in [1.29, 1.82) is 0 Å². The molecule has 0 radical (unpaired) electrons. The van der Waals surface area contributed by atoms with Crippen molar-refractivity contribution in [2.75, 3.05) is 38.2 Å².